The van der Waals surface area contributed by atoms with Gasteiger partial charge in [-0.25, -0.2) is 4.98 Å². The van der Waals surface area contributed by atoms with E-state index in [4.69, 9.17) is 9.15 Å². The third kappa shape index (κ3) is 5.02. The molecule has 0 spiro atoms. The number of ketones is 1. The summed E-state index contributed by atoms with van der Waals surface area (Å²) < 4.78 is 11.0. The van der Waals surface area contributed by atoms with Crippen LogP contribution in [0.15, 0.2) is 71.6 Å². The molecule has 2 aromatic heterocycles. The maximum Gasteiger partial charge on any atom is 0.263 e. The van der Waals surface area contributed by atoms with Gasteiger partial charge in [0.1, 0.15) is 5.75 Å². The molecular formula is C30H30N4O4. The van der Waals surface area contributed by atoms with E-state index in [-0.39, 0.29) is 17.6 Å². The van der Waals surface area contributed by atoms with Gasteiger partial charge in [-0.3, -0.25) is 14.6 Å². The van der Waals surface area contributed by atoms with Crippen LogP contribution in [0.3, 0.4) is 0 Å². The minimum absolute atomic E-state index is 0.0654. The third-order valence-electron chi connectivity index (χ3n) is 6.87. The van der Waals surface area contributed by atoms with Crippen LogP contribution in [0.4, 0.5) is 0 Å². The van der Waals surface area contributed by atoms with E-state index >= 15 is 0 Å². The second kappa shape index (κ2) is 10.1. The van der Waals surface area contributed by atoms with E-state index in [0.29, 0.717) is 17.1 Å². The van der Waals surface area contributed by atoms with Gasteiger partial charge in [-0.05, 0) is 73.5 Å². The number of benzene rings is 2. The van der Waals surface area contributed by atoms with Crippen molar-refractivity contribution >= 4 is 22.6 Å². The van der Waals surface area contributed by atoms with Gasteiger partial charge >= 0.3 is 0 Å². The smallest absolute Gasteiger partial charge is 0.263 e. The molecule has 1 N–H and O–H groups in total. The summed E-state index contributed by atoms with van der Waals surface area (Å²) in [5, 5.41) is 4.23. The lowest BCUT2D eigenvalue weighted by Crippen LogP contribution is -2.35. The number of fused-ring (bicyclic) bond motifs is 1. The van der Waals surface area contributed by atoms with Crippen molar-refractivity contribution in [3.8, 4) is 17.1 Å². The standard InChI is InChI=1S/C26H23N3O4.C4H7N/c1-15-6-7-18(32-3)13-20(15)24(31)29-26(8-9-26)21-11-17(12-22-19(21)5-4-10-27-22)23-14-28-25(33-23)16(2)30;1-5-3-2-4-5/h4-7,10-14H,8-9H2,1-3H3,(H,29,31);2-3H,4H2,1H3. The number of oxazole rings is 1. The fourth-order valence-electron chi connectivity index (χ4n) is 4.45. The zero-order valence-electron chi connectivity index (χ0n) is 21.9. The van der Waals surface area contributed by atoms with E-state index in [9.17, 15) is 9.59 Å². The summed E-state index contributed by atoms with van der Waals surface area (Å²) in [7, 11) is 3.64. The normalized spacial score (nSPS) is 14.8. The molecule has 0 saturated heterocycles. The fraction of sp³-hybridized carbons (Fsp3) is 0.267. The number of rotatable bonds is 6. The van der Waals surface area contributed by atoms with Crippen molar-refractivity contribution in [2.24, 2.45) is 0 Å². The first-order valence-electron chi connectivity index (χ1n) is 12.5. The molecule has 1 amide bonds. The first-order valence-corrected chi connectivity index (χ1v) is 12.5. The number of hydrogen-bond donors (Lipinski definition) is 1. The van der Waals surface area contributed by atoms with Crippen molar-refractivity contribution in [1.29, 1.82) is 0 Å². The quantitative estimate of drug-likeness (QED) is 0.353. The Balaban J connectivity index is 0.000000529. The zero-order valence-corrected chi connectivity index (χ0v) is 21.9. The molecule has 8 nitrogen and oxygen atoms in total. The van der Waals surface area contributed by atoms with E-state index in [2.05, 4.69) is 39.5 Å². The number of pyridine rings is 1. The number of methoxy groups -OCH3 is 1. The van der Waals surface area contributed by atoms with Crippen LogP contribution in [0.25, 0.3) is 22.2 Å². The zero-order chi connectivity index (χ0) is 26.9. The Hall–Kier alpha value is -4.46. The number of ether oxygens (including phenoxy) is 1. The Morgan fingerprint density at radius 2 is 1.89 bits per heavy atom. The van der Waals surface area contributed by atoms with Crippen molar-refractivity contribution in [2.75, 3.05) is 20.7 Å². The monoisotopic (exact) mass is 510 g/mol. The Morgan fingerprint density at radius 1 is 1.13 bits per heavy atom. The van der Waals surface area contributed by atoms with Crippen molar-refractivity contribution in [1.82, 2.24) is 20.2 Å². The molecule has 2 aromatic carbocycles. The molecule has 3 heterocycles. The summed E-state index contributed by atoms with van der Waals surface area (Å²) in [6.45, 7) is 4.46. The van der Waals surface area contributed by atoms with Gasteiger partial charge in [-0.2, -0.15) is 0 Å². The minimum atomic E-state index is -0.507. The van der Waals surface area contributed by atoms with Crippen LogP contribution < -0.4 is 10.1 Å². The van der Waals surface area contributed by atoms with Gasteiger partial charge in [-0.1, -0.05) is 12.1 Å². The van der Waals surface area contributed by atoms with Crippen LogP contribution in [0.5, 0.6) is 5.75 Å². The first kappa shape index (κ1) is 25.2. The van der Waals surface area contributed by atoms with Gasteiger partial charge < -0.3 is 19.4 Å². The van der Waals surface area contributed by atoms with E-state index in [1.54, 1.807) is 25.6 Å². The highest BCUT2D eigenvalue weighted by atomic mass is 16.5. The summed E-state index contributed by atoms with van der Waals surface area (Å²) in [4.78, 5) is 35.7. The van der Waals surface area contributed by atoms with Gasteiger partial charge in [0, 0.05) is 43.2 Å². The average Bonchev–Trinajstić information content (AvgIpc) is 3.50. The number of aryl methyl sites for hydroxylation is 1. The molecule has 1 aliphatic carbocycles. The van der Waals surface area contributed by atoms with Gasteiger partial charge in [0.05, 0.1) is 24.4 Å². The molecule has 0 radical (unpaired) electrons. The second-order valence-corrected chi connectivity index (χ2v) is 9.72. The van der Waals surface area contributed by atoms with E-state index in [1.807, 2.05) is 43.3 Å². The van der Waals surface area contributed by atoms with Gasteiger partial charge in [0.2, 0.25) is 5.78 Å². The lowest BCUT2D eigenvalue weighted by molar-refractivity contribution is 0.0929. The third-order valence-corrected chi connectivity index (χ3v) is 6.87. The van der Waals surface area contributed by atoms with Crippen LogP contribution in [0.2, 0.25) is 0 Å². The number of Topliss-reactive ketones (excluding diaryl/α,β-unsaturated/α-hetero) is 1. The molecule has 0 bridgehead atoms. The molecule has 0 unspecified atom stereocenters. The SMILES string of the molecule is CN1C=CC1.COc1ccc(C)c(C(=O)NC2(c3cc(-c4cnc(C(C)=O)o4)cc4ncccc34)CC2)c1. The molecular weight excluding hydrogens is 480 g/mol. The number of likely N-dealkylation sites (N-methyl/N-ethyl adjacent to an activating group) is 1. The average molecular weight is 511 g/mol. The Kier molecular flexibility index (Phi) is 6.72. The summed E-state index contributed by atoms with van der Waals surface area (Å²) in [5.74, 6) is 0.805. The molecule has 4 aromatic rings. The maximum absolute atomic E-state index is 13.3. The van der Waals surface area contributed by atoms with E-state index < -0.39 is 5.54 Å². The summed E-state index contributed by atoms with van der Waals surface area (Å²) in [6.07, 6.45) is 9.08. The predicted molar refractivity (Wildman–Crippen MR) is 145 cm³/mol. The molecule has 2 aliphatic rings. The molecule has 8 heteroatoms. The number of carbonyl (C=O) groups is 2. The molecule has 1 fully saturated rings. The second-order valence-electron chi connectivity index (χ2n) is 9.72. The van der Waals surface area contributed by atoms with Crippen molar-refractivity contribution in [3.63, 3.8) is 0 Å². The molecule has 6 rings (SSSR count). The highest BCUT2D eigenvalue weighted by Crippen LogP contribution is 2.49. The number of nitrogens with one attached hydrogen (secondary N) is 1. The van der Waals surface area contributed by atoms with Crippen molar-refractivity contribution < 1.29 is 18.7 Å². The number of hydrogen-bond acceptors (Lipinski definition) is 7. The summed E-state index contributed by atoms with van der Waals surface area (Å²) in [6, 6.07) is 13.3. The molecule has 1 aliphatic heterocycles. The Morgan fingerprint density at radius 3 is 2.50 bits per heavy atom. The lowest BCUT2D eigenvalue weighted by Gasteiger charge is -2.21. The molecule has 194 valence electrons. The largest absolute Gasteiger partial charge is 0.497 e. The number of carbonyl (C=O) groups excluding carboxylic acids is 2. The summed E-state index contributed by atoms with van der Waals surface area (Å²) in [5.41, 5.74) is 3.46. The van der Waals surface area contributed by atoms with Gasteiger partial charge in [0.25, 0.3) is 11.8 Å². The minimum Gasteiger partial charge on any atom is -0.497 e. The Bertz CT molecular complexity index is 1550. The van der Waals surface area contributed by atoms with Crippen LogP contribution in [-0.2, 0) is 5.54 Å². The van der Waals surface area contributed by atoms with Crippen molar-refractivity contribution in [2.45, 2.75) is 32.2 Å². The Labute approximate surface area is 221 Å². The number of aromatic nitrogens is 2. The highest BCUT2D eigenvalue weighted by molar-refractivity contribution is 5.98. The van der Waals surface area contributed by atoms with Crippen LogP contribution in [-0.4, -0.2) is 47.3 Å². The van der Waals surface area contributed by atoms with Gasteiger partial charge in [-0.15, -0.1) is 0 Å². The molecule has 38 heavy (non-hydrogen) atoms. The first-order chi connectivity index (χ1) is 18.3. The van der Waals surface area contributed by atoms with Crippen LogP contribution >= 0.6 is 0 Å². The van der Waals surface area contributed by atoms with Crippen molar-refractivity contribution in [3.05, 3.63) is 89.7 Å². The fourth-order valence-corrected chi connectivity index (χ4v) is 4.45. The number of amides is 1. The molecule has 1 saturated carbocycles. The predicted octanol–water partition coefficient (Wildman–Crippen LogP) is 5.27. The maximum atomic E-state index is 13.3. The summed E-state index contributed by atoms with van der Waals surface area (Å²) >= 11 is 0. The van der Waals surface area contributed by atoms with E-state index in [1.165, 1.54) is 6.92 Å². The van der Waals surface area contributed by atoms with E-state index in [0.717, 1.165) is 47.0 Å². The van der Waals surface area contributed by atoms with Gasteiger partial charge in [0.15, 0.2) is 5.76 Å². The van der Waals surface area contributed by atoms with Crippen LogP contribution in [0, 0.1) is 6.92 Å². The number of nitrogens with zero attached hydrogens (tertiary/aromatic N) is 3. The topological polar surface area (TPSA) is 97.6 Å². The highest BCUT2D eigenvalue weighted by Gasteiger charge is 2.47. The molecule has 0 atom stereocenters. The van der Waals surface area contributed by atoms with Crippen LogP contribution in [0.1, 0.15) is 51.9 Å². The lowest BCUT2D eigenvalue weighted by atomic mass is 9.95.